The third-order valence-corrected chi connectivity index (χ3v) is 5.05. The number of aromatic amines is 1. The molecule has 29 heavy (non-hydrogen) atoms. The molecule has 11 heteroatoms. The summed E-state index contributed by atoms with van der Waals surface area (Å²) < 4.78 is 0. The molecule has 0 saturated carbocycles. The van der Waals surface area contributed by atoms with E-state index >= 15 is 0 Å². The summed E-state index contributed by atoms with van der Waals surface area (Å²) in [6.07, 6.45) is 3.63. The zero-order valence-corrected chi connectivity index (χ0v) is 19.6. The van der Waals surface area contributed by atoms with Gasteiger partial charge in [0, 0.05) is 34.8 Å². The number of nitrogens with one attached hydrogen (secondary N) is 2. The Hall–Kier alpha value is -1.61. The Kier molecular flexibility index (Phi) is 9.61. The highest BCUT2D eigenvalue weighted by molar-refractivity contribution is 7.15. The summed E-state index contributed by atoms with van der Waals surface area (Å²) in [5.74, 6) is 0.736. The van der Waals surface area contributed by atoms with E-state index in [1.165, 1.54) is 4.88 Å². The molecule has 2 N–H and O–H groups in total. The van der Waals surface area contributed by atoms with Crippen molar-refractivity contribution in [2.45, 2.75) is 6.54 Å². The highest BCUT2D eigenvalue weighted by atomic mass is 35.5. The minimum Gasteiger partial charge on any atom is -0.314 e. The Morgan fingerprint density at radius 3 is 2.66 bits per heavy atom. The minimum absolute atomic E-state index is 0. The van der Waals surface area contributed by atoms with Gasteiger partial charge in [-0.3, -0.25) is 10.1 Å². The molecule has 156 valence electrons. The van der Waals surface area contributed by atoms with Crippen molar-refractivity contribution in [1.82, 2.24) is 25.1 Å². The lowest BCUT2D eigenvalue weighted by Gasteiger charge is -2.05. The maximum absolute atomic E-state index is 6.28. The average molecular weight is 494 g/mol. The fourth-order valence-electron chi connectivity index (χ4n) is 2.71. The fourth-order valence-corrected chi connectivity index (χ4v) is 3.87. The van der Waals surface area contributed by atoms with E-state index in [1.54, 1.807) is 17.5 Å². The summed E-state index contributed by atoms with van der Waals surface area (Å²) >= 11 is 7.90. The average Bonchev–Trinajstić information content (AvgIpc) is 3.22. The van der Waals surface area contributed by atoms with E-state index in [1.807, 2.05) is 50.6 Å². The molecule has 0 bridgehead atoms. The van der Waals surface area contributed by atoms with Crippen LogP contribution >= 0.6 is 60.2 Å². The first-order valence-electron chi connectivity index (χ1n) is 8.05. The minimum atomic E-state index is 0. The van der Waals surface area contributed by atoms with Crippen LogP contribution < -0.4 is 5.32 Å². The number of thiazole rings is 1. The lowest BCUT2D eigenvalue weighted by molar-refractivity contribution is 0.406. The number of anilines is 2. The number of rotatable bonds is 5. The van der Waals surface area contributed by atoms with Crippen LogP contribution in [0.2, 0.25) is 5.02 Å². The van der Waals surface area contributed by atoms with Crippen LogP contribution in [0.4, 0.5) is 10.9 Å². The molecule has 0 saturated heterocycles. The summed E-state index contributed by atoms with van der Waals surface area (Å²) in [6, 6.07) is 9.65. The monoisotopic (exact) mass is 492 g/mol. The van der Waals surface area contributed by atoms with Gasteiger partial charge in [0.25, 0.3) is 0 Å². The number of halogens is 4. The molecule has 0 radical (unpaired) electrons. The molecule has 0 aliphatic rings. The smallest absolute Gasteiger partial charge is 0.188 e. The molecule has 1 aromatic carbocycles. The third-order valence-electron chi connectivity index (χ3n) is 3.85. The van der Waals surface area contributed by atoms with Gasteiger partial charge in [0.1, 0.15) is 0 Å². The van der Waals surface area contributed by atoms with Gasteiger partial charge >= 0.3 is 0 Å². The van der Waals surface area contributed by atoms with E-state index in [2.05, 4.69) is 30.4 Å². The quantitative estimate of drug-likeness (QED) is 0.367. The lowest BCUT2D eigenvalue weighted by atomic mass is 10.1. The van der Waals surface area contributed by atoms with Crippen LogP contribution in [0.5, 0.6) is 0 Å². The van der Waals surface area contributed by atoms with Crippen LogP contribution in [0.3, 0.4) is 0 Å². The second kappa shape index (κ2) is 11.0. The second-order valence-corrected chi connectivity index (χ2v) is 7.68. The van der Waals surface area contributed by atoms with Gasteiger partial charge in [0.15, 0.2) is 10.9 Å². The Morgan fingerprint density at radius 1 is 1.14 bits per heavy atom. The standard InChI is InChI=1S/C18H17ClN6S.3ClH/c1-25(2)10-12-9-21-18(26-12)22-17-13-8-11(5-6-15(13)23-24-17)16-14(19)4-3-7-20-16;;;/h3-9H,10H2,1-2H3,(H2,21,22,23,24);3*1H. The highest BCUT2D eigenvalue weighted by Gasteiger charge is 2.12. The number of pyridine rings is 1. The molecule has 0 aliphatic carbocycles. The van der Waals surface area contributed by atoms with Gasteiger partial charge in [-0.15, -0.1) is 48.6 Å². The van der Waals surface area contributed by atoms with Crippen molar-refractivity contribution < 1.29 is 0 Å². The third kappa shape index (κ3) is 5.72. The van der Waals surface area contributed by atoms with Crippen LogP contribution in [0, 0.1) is 0 Å². The predicted molar refractivity (Wildman–Crippen MR) is 129 cm³/mol. The summed E-state index contributed by atoms with van der Waals surface area (Å²) in [7, 11) is 4.08. The first-order valence-corrected chi connectivity index (χ1v) is 9.25. The van der Waals surface area contributed by atoms with Crippen molar-refractivity contribution >= 4 is 82.0 Å². The molecule has 0 unspecified atom stereocenters. The van der Waals surface area contributed by atoms with Crippen LogP contribution in [0.25, 0.3) is 22.2 Å². The highest BCUT2D eigenvalue weighted by Crippen LogP contribution is 2.32. The van der Waals surface area contributed by atoms with Crippen molar-refractivity contribution in [1.29, 1.82) is 0 Å². The van der Waals surface area contributed by atoms with Crippen molar-refractivity contribution in [2.75, 3.05) is 19.4 Å². The maximum atomic E-state index is 6.28. The summed E-state index contributed by atoms with van der Waals surface area (Å²) in [4.78, 5) is 12.1. The van der Waals surface area contributed by atoms with E-state index in [4.69, 9.17) is 11.6 Å². The van der Waals surface area contributed by atoms with E-state index in [0.29, 0.717) is 5.02 Å². The Morgan fingerprint density at radius 2 is 1.93 bits per heavy atom. The van der Waals surface area contributed by atoms with Gasteiger partial charge in [-0.25, -0.2) is 4.98 Å². The van der Waals surface area contributed by atoms with Gasteiger partial charge < -0.3 is 10.2 Å². The van der Waals surface area contributed by atoms with Crippen LogP contribution in [-0.2, 0) is 6.54 Å². The normalized spacial score (nSPS) is 10.2. The molecular formula is C18H20Cl4N6S. The molecule has 0 amide bonds. The molecular weight excluding hydrogens is 474 g/mol. The van der Waals surface area contributed by atoms with Gasteiger partial charge in [0.2, 0.25) is 0 Å². The van der Waals surface area contributed by atoms with E-state index < -0.39 is 0 Å². The Bertz CT molecular complexity index is 1070. The second-order valence-electron chi connectivity index (χ2n) is 6.16. The number of nitrogens with zero attached hydrogens (tertiary/aromatic N) is 4. The van der Waals surface area contributed by atoms with Crippen molar-refractivity contribution in [3.05, 3.63) is 52.6 Å². The molecule has 4 rings (SSSR count). The molecule has 6 nitrogen and oxygen atoms in total. The first-order chi connectivity index (χ1) is 12.6. The van der Waals surface area contributed by atoms with Crippen molar-refractivity contribution in [3.63, 3.8) is 0 Å². The Labute approximate surface area is 196 Å². The number of benzene rings is 1. The summed E-state index contributed by atoms with van der Waals surface area (Å²) in [5.41, 5.74) is 2.64. The van der Waals surface area contributed by atoms with E-state index in [0.717, 1.165) is 39.7 Å². The molecule has 0 fully saturated rings. The predicted octanol–water partition coefficient (Wildman–Crippen LogP) is 5.81. The first kappa shape index (κ1) is 25.4. The Balaban J connectivity index is 0.00000140. The summed E-state index contributed by atoms with van der Waals surface area (Å²) in [6.45, 7) is 0.864. The van der Waals surface area contributed by atoms with Crippen LogP contribution in [-0.4, -0.2) is 39.2 Å². The van der Waals surface area contributed by atoms with Crippen LogP contribution in [0.15, 0.2) is 42.7 Å². The number of H-pyrrole nitrogens is 1. The molecule has 0 atom stereocenters. The number of hydrogen-bond donors (Lipinski definition) is 2. The summed E-state index contributed by atoms with van der Waals surface area (Å²) in [5, 5.41) is 13.1. The van der Waals surface area contributed by atoms with E-state index in [-0.39, 0.29) is 37.2 Å². The molecule has 0 spiro atoms. The largest absolute Gasteiger partial charge is 0.314 e. The van der Waals surface area contributed by atoms with E-state index in [9.17, 15) is 0 Å². The molecule has 0 aliphatic heterocycles. The molecule has 3 aromatic heterocycles. The molecule has 3 heterocycles. The van der Waals surface area contributed by atoms with Gasteiger partial charge in [-0.2, -0.15) is 5.10 Å². The van der Waals surface area contributed by atoms with Crippen molar-refractivity contribution in [2.24, 2.45) is 0 Å². The van der Waals surface area contributed by atoms with Gasteiger partial charge in [-0.1, -0.05) is 17.7 Å². The fraction of sp³-hybridized carbons (Fsp3) is 0.167. The van der Waals surface area contributed by atoms with Crippen LogP contribution in [0.1, 0.15) is 4.88 Å². The SMILES string of the molecule is CN(C)Cc1cnc(Nc2n[nH]c3ccc(-c4ncccc4Cl)cc23)s1.Cl.Cl.Cl. The molecule has 4 aromatic rings. The zero-order valence-electron chi connectivity index (χ0n) is 15.5. The topological polar surface area (TPSA) is 69.7 Å². The number of fused-ring (bicyclic) bond motifs is 1. The van der Waals surface area contributed by atoms with Gasteiger partial charge in [0.05, 0.1) is 16.2 Å². The number of hydrogen-bond acceptors (Lipinski definition) is 6. The number of aromatic nitrogens is 4. The van der Waals surface area contributed by atoms with Crippen molar-refractivity contribution in [3.8, 4) is 11.3 Å². The zero-order chi connectivity index (χ0) is 18.1. The lowest BCUT2D eigenvalue weighted by Crippen LogP contribution is -2.09. The maximum Gasteiger partial charge on any atom is 0.188 e. The van der Waals surface area contributed by atoms with Gasteiger partial charge in [-0.05, 0) is 38.4 Å².